The zero-order valence-corrected chi connectivity index (χ0v) is 29.1. The number of hydrogen-bond donors (Lipinski definition) is 6. The fourth-order valence-corrected chi connectivity index (χ4v) is 7.04. The Labute approximate surface area is 309 Å². The number of carboxylic acids is 1. The first-order valence-electron chi connectivity index (χ1n) is 14.3. The first-order chi connectivity index (χ1) is 24.5. The largest absolute Gasteiger partial charge is 0.508 e. The second-order valence-electron chi connectivity index (χ2n) is 10.8. The molecule has 0 bridgehead atoms. The molecular weight excluding hydrogens is 779 g/mol. The third-order valence-electron chi connectivity index (χ3n) is 7.73. The molecule has 3 atom stereocenters. The molecule has 0 saturated carbocycles. The van der Waals surface area contributed by atoms with Crippen LogP contribution >= 0.6 is 46.7 Å². The molecule has 1 saturated heterocycles. The van der Waals surface area contributed by atoms with Crippen LogP contribution in [0.4, 0.5) is 4.79 Å². The van der Waals surface area contributed by atoms with Crippen molar-refractivity contribution in [1.29, 1.82) is 0 Å². The van der Waals surface area contributed by atoms with Crippen molar-refractivity contribution in [2.24, 2.45) is 0 Å². The molecule has 2 aliphatic rings. The van der Waals surface area contributed by atoms with Crippen LogP contribution in [-0.4, -0.2) is 101 Å². The van der Waals surface area contributed by atoms with Gasteiger partial charge >= 0.3 is 12.1 Å². The van der Waals surface area contributed by atoms with Crippen molar-refractivity contribution in [1.82, 2.24) is 20.0 Å². The van der Waals surface area contributed by atoms with Gasteiger partial charge in [-0.15, -0.1) is 11.8 Å². The number of methoxy groups -OCH3 is 1. The number of aliphatic carboxylic acids is 1. The molecule has 5 rings (SSSR count). The van der Waals surface area contributed by atoms with Crippen LogP contribution in [0.15, 0.2) is 63.1 Å². The Morgan fingerprint density at radius 1 is 1.10 bits per heavy atom. The number of nitrogens with one attached hydrogen (secondary N) is 2. The Hall–Kier alpha value is -5.21. The Balaban J connectivity index is 1.41. The van der Waals surface area contributed by atoms with Crippen molar-refractivity contribution >= 4 is 93.4 Å². The van der Waals surface area contributed by atoms with Gasteiger partial charge in [0.05, 0.1) is 5.39 Å². The van der Waals surface area contributed by atoms with Crippen LogP contribution < -0.4 is 16.1 Å². The Morgan fingerprint density at radius 2 is 1.75 bits per heavy atom. The number of aromatic hydroxyl groups is 3. The highest BCUT2D eigenvalue weighted by Gasteiger charge is 2.67. The molecule has 6 N–H and O–H groups in total. The smallest absolute Gasteiger partial charge is 0.432 e. The lowest BCUT2D eigenvalue weighted by molar-refractivity contribution is -0.193. The van der Waals surface area contributed by atoms with Gasteiger partial charge in [-0.3, -0.25) is 28.9 Å². The van der Waals surface area contributed by atoms with Crippen molar-refractivity contribution in [3.8, 4) is 17.2 Å². The Bertz CT molecular complexity index is 2110. The summed E-state index contributed by atoms with van der Waals surface area (Å²) in [4.78, 5) is 89.6. The first-order valence-corrected chi connectivity index (χ1v) is 16.6. The van der Waals surface area contributed by atoms with E-state index in [0.717, 1.165) is 42.2 Å². The van der Waals surface area contributed by atoms with Crippen molar-refractivity contribution in [2.45, 2.75) is 22.0 Å². The number of phenolic OH excluding ortho intramolecular Hbond substituents is 3. The molecule has 274 valence electrons. The second-order valence-corrected chi connectivity index (χ2v) is 13.3. The lowest BCUT2D eigenvalue weighted by atomic mass is 9.96. The summed E-state index contributed by atoms with van der Waals surface area (Å²) in [5.41, 5.74) is -4.56. The van der Waals surface area contributed by atoms with E-state index in [0.29, 0.717) is 0 Å². The Morgan fingerprint density at radius 3 is 2.37 bits per heavy atom. The van der Waals surface area contributed by atoms with E-state index >= 15 is 0 Å². The number of thioether (sulfide) groups is 1. The number of fused-ring (bicyclic) bond motifs is 2. The number of ether oxygens (including phenoxy) is 2. The highest BCUT2D eigenvalue weighted by molar-refractivity contribution is 8.00. The van der Waals surface area contributed by atoms with Crippen LogP contribution in [0.1, 0.15) is 22.0 Å². The predicted molar refractivity (Wildman–Crippen MR) is 179 cm³/mol. The van der Waals surface area contributed by atoms with Gasteiger partial charge in [0.25, 0.3) is 23.4 Å². The summed E-state index contributed by atoms with van der Waals surface area (Å²) in [5, 5.41) is 42.7. The van der Waals surface area contributed by atoms with E-state index in [1.807, 2.05) is 0 Å². The van der Waals surface area contributed by atoms with Gasteiger partial charge in [0.15, 0.2) is 16.3 Å². The van der Waals surface area contributed by atoms with Gasteiger partial charge in [-0.05, 0) is 23.8 Å². The number of nitrogens with zero attached hydrogens (tertiary/aromatic N) is 2. The van der Waals surface area contributed by atoms with Crippen LogP contribution in [0.25, 0.3) is 11.0 Å². The number of phenols is 3. The molecule has 0 radical (unpaired) electrons. The molecule has 1 unspecified atom stereocenters. The standard InChI is InChI=1S/C30H23Cl3N4O14S/c1-49-30(27(47)36-20(26(45)46)12(10-52-28(30)36)8-51-29(48)37(33)25(44)22(31)32)35-24(43)19(11-2-4-13(38)5-3-11)34-23(42)15-9-50-18-7-17(40)16(39)6-14(18)21(15)41/h2-7,9,19,22,28,38-40H,8,10H2,1H3,(H,34,42)(H,35,43)(H,45,46)/t19?,28-,30-/m0/s1. The van der Waals surface area contributed by atoms with Gasteiger partial charge in [0, 0.05) is 36.3 Å². The maximum atomic E-state index is 13.9. The number of benzene rings is 2. The number of amides is 5. The minimum Gasteiger partial charge on any atom is -0.508 e. The van der Waals surface area contributed by atoms with Crippen LogP contribution in [0.3, 0.4) is 0 Å². The van der Waals surface area contributed by atoms with E-state index in [1.54, 1.807) is 0 Å². The molecule has 2 aromatic carbocycles. The lowest BCUT2D eigenvalue weighted by Crippen LogP contribution is -2.81. The highest BCUT2D eigenvalue weighted by atomic mass is 35.5. The molecule has 0 spiro atoms. The minimum atomic E-state index is -2.21. The van der Waals surface area contributed by atoms with E-state index < -0.39 is 92.5 Å². The third kappa shape index (κ3) is 6.87. The topological polar surface area (TPSA) is 263 Å². The molecule has 1 aromatic heterocycles. The molecule has 18 nitrogen and oxygen atoms in total. The number of hydrogen-bond acceptors (Lipinski definition) is 14. The normalized spacial score (nSPS) is 18.7. The van der Waals surface area contributed by atoms with Gasteiger partial charge in [0.2, 0.25) is 11.3 Å². The van der Waals surface area contributed by atoms with Crippen LogP contribution in [0.5, 0.6) is 17.2 Å². The third-order valence-corrected chi connectivity index (χ3v) is 9.78. The average molecular weight is 802 g/mol. The molecule has 5 amide bonds. The number of carbonyl (C=O) groups is 6. The lowest BCUT2D eigenvalue weighted by Gasteiger charge is -2.56. The minimum absolute atomic E-state index is 0.0445. The fourth-order valence-electron chi connectivity index (χ4n) is 5.18. The van der Waals surface area contributed by atoms with E-state index in [9.17, 15) is 54.0 Å². The average Bonchev–Trinajstić information content (AvgIpc) is 3.11. The number of imide groups is 1. The van der Waals surface area contributed by atoms with Gasteiger partial charge in [0.1, 0.15) is 46.9 Å². The quantitative estimate of drug-likeness (QED) is 0.0563. The maximum Gasteiger partial charge on any atom is 0.432 e. The van der Waals surface area contributed by atoms with Crippen molar-refractivity contribution in [3.05, 3.63) is 75.3 Å². The number of alkyl halides is 2. The van der Waals surface area contributed by atoms with E-state index in [4.69, 9.17) is 48.9 Å². The summed E-state index contributed by atoms with van der Waals surface area (Å²) in [7, 11) is 1.06. The monoisotopic (exact) mass is 800 g/mol. The molecule has 2 aliphatic heterocycles. The van der Waals surface area contributed by atoms with E-state index in [-0.39, 0.29) is 38.0 Å². The van der Waals surface area contributed by atoms with Gasteiger partial charge in [-0.25, -0.2) is 9.59 Å². The van der Waals surface area contributed by atoms with Crippen LogP contribution in [0, 0.1) is 0 Å². The summed E-state index contributed by atoms with van der Waals surface area (Å²) in [6, 6.07) is 5.09. The van der Waals surface area contributed by atoms with Gasteiger partial charge in [-0.2, -0.15) is 4.42 Å². The molecule has 52 heavy (non-hydrogen) atoms. The zero-order valence-electron chi connectivity index (χ0n) is 26.0. The molecule has 1 fully saturated rings. The first kappa shape index (κ1) is 38.0. The summed E-state index contributed by atoms with van der Waals surface area (Å²) >= 11 is 17.3. The number of β-lactam (4-membered cyclic amide) rings is 1. The Kier molecular flexibility index (Phi) is 10.8. The molecular formula is C30H23Cl3N4O14S. The molecule has 0 aliphatic carbocycles. The van der Waals surface area contributed by atoms with Gasteiger partial charge in [-0.1, -0.05) is 35.3 Å². The van der Waals surface area contributed by atoms with Gasteiger partial charge < -0.3 is 45.0 Å². The maximum absolute atomic E-state index is 13.9. The molecule has 3 heterocycles. The summed E-state index contributed by atoms with van der Waals surface area (Å²) in [6.07, 6.45) is -0.661. The van der Waals surface area contributed by atoms with Crippen molar-refractivity contribution in [3.63, 3.8) is 0 Å². The number of halogens is 3. The fraction of sp³-hybridized carbons (Fsp3) is 0.233. The summed E-state index contributed by atoms with van der Waals surface area (Å²) < 4.78 is 15.6. The van der Waals surface area contributed by atoms with E-state index in [1.165, 1.54) is 24.3 Å². The van der Waals surface area contributed by atoms with Crippen molar-refractivity contribution < 1.29 is 63.1 Å². The molecule has 3 aromatic rings. The summed E-state index contributed by atoms with van der Waals surface area (Å²) in [5.74, 6) is -7.79. The SMILES string of the molecule is CO[C@@]1(NC(=O)C(NC(=O)c2coc3cc(O)c(O)cc3c2=O)c2ccc(O)cc2)C(=O)N2C(C(=O)O)=C(COC(=O)N(Cl)C(=O)C(Cl)Cl)CS[C@H]21. The van der Waals surface area contributed by atoms with E-state index in [2.05, 4.69) is 10.6 Å². The summed E-state index contributed by atoms with van der Waals surface area (Å²) in [6.45, 7) is -0.736. The highest BCUT2D eigenvalue weighted by Crippen LogP contribution is 2.47. The molecule has 22 heteroatoms. The number of rotatable bonds is 10. The van der Waals surface area contributed by atoms with Crippen molar-refractivity contribution in [2.75, 3.05) is 19.5 Å². The number of carbonyl (C=O) groups excluding carboxylic acids is 5. The van der Waals surface area contributed by atoms with Crippen LogP contribution in [-0.2, 0) is 28.7 Å². The zero-order chi connectivity index (χ0) is 38.2. The van der Waals surface area contributed by atoms with Crippen LogP contribution in [0.2, 0.25) is 0 Å². The number of carboxylic acid groups (broad SMARTS) is 1. The predicted octanol–water partition coefficient (Wildman–Crippen LogP) is 2.02. The second kappa shape index (κ2) is 14.8.